The highest BCUT2D eigenvalue weighted by molar-refractivity contribution is 6.08. The molecule has 0 spiro atoms. The van der Waals surface area contributed by atoms with E-state index in [1.54, 1.807) is 4.90 Å². The van der Waals surface area contributed by atoms with Crippen molar-refractivity contribution >= 4 is 17.6 Å². The highest BCUT2D eigenvalue weighted by atomic mass is 16.5. The van der Waals surface area contributed by atoms with Crippen LogP contribution in [0.3, 0.4) is 0 Å². The molecule has 0 aliphatic carbocycles. The van der Waals surface area contributed by atoms with Crippen molar-refractivity contribution in [3.63, 3.8) is 0 Å². The molecule has 4 heteroatoms. The summed E-state index contributed by atoms with van der Waals surface area (Å²) in [4.78, 5) is 27.2. The lowest BCUT2D eigenvalue weighted by Crippen LogP contribution is -2.44. The average molecular weight is 337 g/mol. The monoisotopic (exact) mass is 337 g/mol. The Labute approximate surface area is 148 Å². The van der Waals surface area contributed by atoms with Crippen LogP contribution in [0, 0.1) is 13.8 Å². The van der Waals surface area contributed by atoms with Crippen LogP contribution in [0.5, 0.6) is 0 Å². The minimum atomic E-state index is -0.333. The van der Waals surface area contributed by atoms with Gasteiger partial charge in [-0.2, -0.15) is 0 Å². The Morgan fingerprint density at radius 1 is 1.08 bits per heavy atom. The molecule has 25 heavy (non-hydrogen) atoms. The molecule has 2 unspecified atom stereocenters. The van der Waals surface area contributed by atoms with Gasteiger partial charge in [-0.05, 0) is 62.1 Å². The second kappa shape index (κ2) is 6.71. The SMILES string of the molecule is COC(=O)C1CC(C)N(C(=O)c2ccc(C)c(C)c2)c2ccccc21. The number of amides is 1. The highest BCUT2D eigenvalue weighted by Gasteiger charge is 2.37. The number of aryl methyl sites for hydroxylation is 2. The number of fused-ring (bicyclic) bond motifs is 1. The summed E-state index contributed by atoms with van der Waals surface area (Å²) in [5.74, 6) is -0.621. The first-order valence-electron chi connectivity index (χ1n) is 8.51. The van der Waals surface area contributed by atoms with Gasteiger partial charge in [-0.15, -0.1) is 0 Å². The van der Waals surface area contributed by atoms with Crippen molar-refractivity contribution in [3.05, 3.63) is 64.7 Å². The topological polar surface area (TPSA) is 46.6 Å². The third-order valence-electron chi connectivity index (χ3n) is 5.05. The van der Waals surface area contributed by atoms with Crippen LogP contribution in [0.25, 0.3) is 0 Å². The van der Waals surface area contributed by atoms with Gasteiger partial charge in [0.1, 0.15) is 0 Å². The highest BCUT2D eigenvalue weighted by Crippen LogP contribution is 2.39. The minimum absolute atomic E-state index is 0.0358. The Morgan fingerprint density at radius 2 is 1.80 bits per heavy atom. The van der Waals surface area contributed by atoms with E-state index < -0.39 is 0 Å². The van der Waals surface area contributed by atoms with Crippen LogP contribution in [0.1, 0.15) is 46.3 Å². The van der Waals surface area contributed by atoms with Crippen LogP contribution < -0.4 is 4.90 Å². The number of carbonyl (C=O) groups is 2. The van der Waals surface area contributed by atoms with Gasteiger partial charge in [0.2, 0.25) is 0 Å². The molecule has 1 aliphatic heterocycles. The molecule has 0 saturated heterocycles. The summed E-state index contributed by atoms with van der Waals surface area (Å²) in [7, 11) is 1.40. The predicted molar refractivity (Wildman–Crippen MR) is 98.0 cm³/mol. The van der Waals surface area contributed by atoms with E-state index in [1.807, 2.05) is 63.2 Å². The van der Waals surface area contributed by atoms with Crippen molar-refractivity contribution in [1.82, 2.24) is 0 Å². The summed E-state index contributed by atoms with van der Waals surface area (Å²) in [6, 6.07) is 13.3. The van der Waals surface area contributed by atoms with Gasteiger partial charge in [0.15, 0.2) is 0 Å². The molecule has 1 heterocycles. The van der Waals surface area contributed by atoms with Gasteiger partial charge in [-0.1, -0.05) is 24.3 Å². The largest absolute Gasteiger partial charge is 0.469 e. The average Bonchev–Trinajstić information content (AvgIpc) is 2.62. The number of benzene rings is 2. The molecule has 0 bridgehead atoms. The molecule has 0 radical (unpaired) electrons. The van der Waals surface area contributed by atoms with E-state index in [4.69, 9.17) is 4.74 Å². The molecule has 0 aromatic heterocycles. The lowest BCUT2D eigenvalue weighted by Gasteiger charge is -2.38. The fraction of sp³-hybridized carbons (Fsp3) is 0.333. The smallest absolute Gasteiger partial charge is 0.313 e. The number of para-hydroxylation sites is 1. The number of carbonyl (C=O) groups excluding carboxylic acids is 2. The summed E-state index contributed by atoms with van der Waals surface area (Å²) in [5, 5.41) is 0. The normalized spacial score (nSPS) is 19.3. The molecule has 3 rings (SSSR count). The van der Waals surface area contributed by atoms with Crippen LogP contribution in [-0.4, -0.2) is 25.0 Å². The van der Waals surface area contributed by atoms with Crippen molar-refractivity contribution in [2.45, 2.75) is 39.2 Å². The third kappa shape index (κ3) is 3.04. The molecule has 0 fully saturated rings. The van der Waals surface area contributed by atoms with Gasteiger partial charge in [-0.3, -0.25) is 9.59 Å². The molecule has 0 saturated carbocycles. The first-order chi connectivity index (χ1) is 11.9. The van der Waals surface area contributed by atoms with Crippen molar-refractivity contribution < 1.29 is 14.3 Å². The molecule has 4 nitrogen and oxygen atoms in total. The van der Waals surface area contributed by atoms with Gasteiger partial charge in [0.05, 0.1) is 13.0 Å². The molecule has 2 aromatic carbocycles. The molecular formula is C21H23NO3. The summed E-state index contributed by atoms with van der Waals surface area (Å²) < 4.78 is 4.96. The van der Waals surface area contributed by atoms with E-state index in [1.165, 1.54) is 7.11 Å². The maximum absolute atomic E-state index is 13.2. The fourth-order valence-electron chi connectivity index (χ4n) is 3.50. The second-order valence-corrected chi connectivity index (χ2v) is 6.69. The van der Waals surface area contributed by atoms with Crippen LogP contribution in [0.15, 0.2) is 42.5 Å². The number of ether oxygens (including phenoxy) is 1. The lowest BCUT2D eigenvalue weighted by molar-refractivity contribution is -0.142. The van der Waals surface area contributed by atoms with Crippen molar-refractivity contribution in [2.75, 3.05) is 12.0 Å². The Bertz CT molecular complexity index is 828. The third-order valence-corrected chi connectivity index (χ3v) is 5.05. The quantitative estimate of drug-likeness (QED) is 0.778. The molecule has 1 amide bonds. The fourth-order valence-corrected chi connectivity index (χ4v) is 3.50. The van der Waals surface area contributed by atoms with Crippen molar-refractivity contribution in [3.8, 4) is 0 Å². The van der Waals surface area contributed by atoms with Crippen LogP contribution in [-0.2, 0) is 9.53 Å². The van der Waals surface area contributed by atoms with Crippen LogP contribution in [0.4, 0.5) is 5.69 Å². The number of methoxy groups -OCH3 is 1. The van der Waals surface area contributed by atoms with Crippen LogP contribution in [0.2, 0.25) is 0 Å². The van der Waals surface area contributed by atoms with E-state index in [0.717, 1.165) is 22.4 Å². The summed E-state index contributed by atoms with van der Waals surface area (Å²) in [6.45, 7) is 6.02. The zero-order valence-corrected chi connectivity index (χ0v) is 15.1. The number of nitrogens with zero attached hydrogens (tertiary/aromatic N) is 1. The van der Waals surface area contributed by atoms with E-state index in [0.29, 0.717) is 12.0 Å². The van der Waals surface area contributed by atoms with E-state index in [2.05, 4.69) is 0 Å². The van der Waals surface area contributed by atoms with E-state index in [9.17, 15) is 9.59 Å². The zero-order chi connectivity index (χ0) is 18.1. The maximum Gasteiger partial charge on any atom is 0.313 e. The molecule has 2 atom stereocenters. The standard InChI is InChI=1S/C21H23NO3/c1-13-9-10-16(11-14(13)2)20(23)22-15(3)12-18(21(24)25-4)17-7-5-6-8-19(17)22/h5-11,15,18H,12H2,1-4H3. The number of anilines is 1. The Morgan fingerprint density at radius 3 is 2.48 bits per heavy atom. The molecule has 130 valence electrons. The second-order valence-electron chi connectivity index (χ2n) is 6.69. The first-order valence-corrected chi connectivity index (χ1v) is 8.51. The molecule has 0 N–H and O–H groups in total. The summed E-state index contributed by atoms with van der Waals surface area (Å²) in [6.07, 6.45) is 0.556. The summed E-state index contributed by atoms with van der Waals surface area (Å²) >= 11 is 0. The minimum Gasteiger partial charge on any atom is -0.469 e. The zero-order valence-electron chi connectivity index (χ0n) is 15.1. The number of hydrogen-bond donors (Lipinski definition) is 0. The molecule has 1 aliphatic rings. The summed E-state index contributed by atoms with van der Waals surface area (Å²) in [5.41, 5.74) is 4.57. The van der Waals surface area contributed by atoms with Gasteiger partial charge < -0.3 is 9.64 Å². The number of esters is 1. The van der Waals surface area contributed by atoms with E-state index >= 15 is 0 Å². The van der Waals surface area contributed by atoms with Crippen molar-refractivity contribution in [1.29, 1.82) is 0 Å². The number of hydrogen-bond acceptors (Lipinski definition) is 3. The van der Waals surface area contributed by atoms with Crippen LogP contribution >= 0.6 is 0 Å². The van der Waals surface area contributed by atoms with Gasteiger partial charge >= 0.3 is 5.97 Å². The first kappa shape index (κ1) is 17.2. The number of rotatable bonds is 2. The van der Waals surface area contributed by atoms with Gasteiger partial charge in [0, 0.05) is 17.3 Å². The van der Waals surface area contributed by atoms with Gasteiger partial charge in [0.25, 0.3) is 5.91 Å². The molecule has 2 aromatic rings. The van der Waals surface area contributed by atoms with Crippen molar-refractivity contribution in [2.24, 2.45) is 0 Å². The predicted octanol–water partition coefficient (Wildman–Crippen LogP) is 4.00. The molecular weight excluding hydrogens is 314 g/mol. The maximum atomic E-state index is 13.2. The Kier molecular flexibility index (Phi) is 4.62. The lowest BCUT2D eigenvalue weighted by atomic mass is 9.85. The van der Waals surface area contributed by atoms with E-state index in [-0.39, 0.29) is 23.8 Å². The Hall–Kier alpha value is -2.62. The van der Waals surface area contributed by atoms with Gasteiger partial charge in [-0.25, -0.2) is 0 Å². The Balaban J connectivity index is 2.05.